The predicted molar refractivity (Wildman–Crippen MR) is 211 cm³/mol. The number of quaternary nitrogens is 2. The smallest absolute Gasteiger partial charge is 0 e. The van der Waals surface area contributed by atoms with Crippen LogP contribution in [0.4, 0.5) is 4.79 Å². The number of nitrogens with one attached hydrogen (secondary N) is 1. The summed E-state index contributed by atoms with van der Waals surface area (Å²) >= 11 is 0. The van der Waals surface area contributed by atoms with Gasteiger partial charge in [0, 0.05) is 46.0 Å². The van der Waals surface area contributed by atoms with E-state index in [9.17, 15) is 29.4 Å². The number of carboxylic acids is 4. The van der Waals surface area contributed by atoms with E-state index in [2.05, 4.69) is 27.9 Å². The number of carbonyl (C=O) groups excluding carboxylic acids is 4. The molecule has 0 amide bonds. The van der Waals surface area contributed by atoms with E-state index in [0.29, 0.717) is 81.7 Å². The van der Waals surface area contributed by atoms with Crippen molar-refractivity contribution in [3.63, 3.8) is 0 Å². The van der Waals surface area contributed by atoms with Gasteiger partial charge in [0.25, 0.3) is 0 Å². The standard InChI is InChI=1S/4C7H15N3O2.3CH2O3.CO.H2.H/c4*8-5(7(11)12)3-1-2-4-6(9)10;2*2-1-4-3;2-1(3)4;1-2;;/h4*5H,1-4,8H2,(H3,9,10)(H,11,12);2*1,3H;(H2,2,3,4);;1H;/q;;;;;;;;;-1/p+3/t4*5-;;;;;;/m0000....../s1. The second-order valence-electron chi connectivity index (χ2n) is 11.8. The van der Waals surface area contributed by atoms with Gasteiger partial charge >= 0.3 is 42.3 Å². The zero-order valence-corrected chi connectivity index (χ0v) is 34.5. The molecule has 30 heteroatoms. The Bertz CT molecular complexity index is 1110. The molecule has 0 aromatic heterocycles. The van der Waals surface area contributed by atoms with Crippen LogP contribution in [0.1, 0.15) is 106 Å². The zero-order chi connectivity index (χ0) is 50.6. The van der Waals surface area contributed by atoms with Crippen LogP contribution in [0.25, 0.3) is 0 Å². The van der Waals surface area contributed by atoms with E-state index in [1.54, 1.807) is 0 Å². The Hall–Kier alpha value is -6.53. The summed E-state index contributed by atoms with van der Waals surface area (Å²) in [5.74, 6) is -2.82. The molecule has 0 spiro atoms. The van der Waals surface area contributed by atoms with E-state index in [1.807, 2.05) is 0 Å². The van der Waals surface area contributed by atoms with Crippen molar-refractivity contribution in [2.45, 2.75) is 127 Å². The van der Waals surface area contributed by atoms with Gasteiger partial charge in [0.05, 0.1) is 17.8 Å². The minimum Gasteiger partial charge on any atom is -1.00 e. The summed E-state index contributed by atoms with van der Waals surface area (Å²) in [4.78, 5) is 72.6. The number of amidine groups is 4. The molecule has 0 aromatic carbocycles. The van der Waals surface area contributed by atoms with Crippen molar-refractivity contribution in [1.29, 1.82) is 5.41 Å². The van der Waals surface area contributed by atoms with Crippen molar-refractivity contribution in [1.82, 2.24) is 0 Å². The van der Waals surface area contributed by atoms with Crippen molar-refractivity contribution in [2.75, 3.05) is 0 Å². The van der Waals surface area contributed by atoms with Crippen LogP contribution in [0.3, 0.4) is 0 Å². The molecule has 31 N–H and O–H groups in total. The van der Waals surface area contributed by atoms with E-state index < -0.39 is 54.2 Å². The molecule has 62 heavy (non-hydrogen) atoms. The van der Waals surface area contributed by atoms with Crippen LogP contribution in [0, 0.1) is 12.1 Å². The zero-order valence-electron chi connectivity index (χ0n) is 35.5. The van der Waals surface area contributed by atoms with Gasteiger partial charge in [-0.25, -0.2) is 20.1 Å². The van der Waals surface area contributed by atoms with E-state index in [4.69, 9.17) is 106 Å². The third-order valence-corrected chi connectivity index (χ3v) is 6.37. The fourth-order valence-corrected chi connectivity index (χ4v) is 3.30. The fourth-order valence-electron chi connectivity index (χ4n) is 3.30. The predicted octanol–water partition coefficient (Wildman–Crippen LogP) is -10.2. The second kappa shape index (κ2) is 56.6. The molecule has 30 nitrogen and oxygen atoms in total. The molecule has 0 aromatic rings. The van der Waals surface area contributed by atoms with E-state index in [-0.39, 0.29) is 21.6 Å². The first-order valence-corrected chi connectivity index (χ1v) is 17.8. The maximum atomic E-state index is 10.3. The topological polar surface area (TPSA) is 637 Å². The van der Waals surface area contributed by atoms with Gasteiger partial charge in [0.15, 0.2) is 6.04 Å². The van der Waals surface area contributed by atoms with Crippen molar-refractivity contribution in [3.05, 3.63) is 6.65 Å². The van der Waals surface area contributed by atoms with Crippen molar-refractivity contribution >= 4 is 66.3 Å². The number of carboxylic acid groups (broad SMARTS) is 6. The molecule has 0 radical (unpaired) electrons. The number of unbranched alkanes of at least 4 members (excludes halogenated alkanes) is 4. The number of aliphatic carboxylic acids is 4. The van der Waals surface area contributed by atoms with Gasteiger partial charge in [0.1, 0.15) is 12.1 Å². The molecule has 0 fully saturated rings. The van der Waals surface area contributed by atoms with Crippen molar-refractivity contribution < 1.29 is 120 Å². The third kappa shape index (κ3) is 94.5. The van der Waals surface area contributed by atoms with Gasteiger partial charge in [0.2, 0.25) is 17.5 Å². The summed E-state index contributed by atoms with van der Waals surface area (Å²) in [6, 6.07) is -2.78. The maximum Gasteiger partial charge on any atom is 0 e. The molecular weight excluding hydrogens is 840 g/mol. The Morgan fingerprint density at radius 3 is 1.13 bits per heavy atom. The van der Waals surface area contributed by atoms with Gasteiger partial charge in [-0.05, 0) is 51.4 Å². The first-order valence-electron chi connectivity index (χ1n) is 17.8. The van der Waals surface area contributed by atoms with Crippen LogP contribution in [0.5, 0.6) is 0 Å². The average molecular weight is 913 g/mol. The van der Waals surface area contributed by atoms with E-state index >= 15 is 0 Å². The number of hydrogen-bond donors (Lipinski definition) is 18. The van der Waals surface area contributed by atoms with E-state index in [0.717, 1.165) is 38.5 Å². The summed E-state index contributed by atoms with van der Waals surface area (Å²) in [5.41, 5.74) is 38.1. The molecule has 4 atom stereocenters. The van der Waals surface area contributed by atoms with Gasteiger partial charge in [-0.1, -0.05) is 12.8 Å². The van der Waals surface area contributed by atoms with Crippen molar-refractivity contribution in [2.24, 2.45) is 34.4 Å². The summed E-state index contributed by atoms with van der Waals surface area (Å²) in [7, 11) is 0. The van der Waals surface area contributed by atoms with Gasteiger partial charge in [-0.3, -0.25) is 53.2 Å². The van der Waals surface area contributed by atoms with Crippen LogP contribution in [-0.2, 0) is 43.2 Å². The van der Waals surface area contributed by atoms with Crippen LogP contribution in [-0.4, -0.2) is 121 Å². The van der Waals surface area contributed by atoms with Crippen LogP contribution >= 0.6 is 0 Å². The third-order valence-electron chi connectivity index (χ3n) is 6.37. The van der Waals surface area contributed by atoms with Gasteiger partial charge < -0.3 is 80.1 Å². The largest absolute Gasteiger partial charge is 1.00 e. The molecule has 0 heterocycles. The minimum absolute atomic E-state index is 0. The number of carbonyl (C=O) groups is 7. The first kappa shape index (κ1) is 73.0. The van der Waals surface area contributed by atoms with E-state index in [1.165, 1.54) is 0 Å². The summed E-state index contributed by atoms with van der Waals surface area (Å²) in [5, 5.41) is 87.7. The Morgan fingerprint density at radius 1 is 0.629 bits per heavy atom. The minimum atomic E-state index is -1.83. The molecular formula is C32H72N12O18+2. The number of rotatable bonds is 26. The average Bonchev–Trinajstić information content (AvgIpc) is 3.19. The normalized spacial score (nSPS) is 10.7. The summed E-state index contributed by atoms with van der Waals surface area (Å²) in [6.45, 7) is 4.36. The molecule has 0 bridgehead atoms. The van der Waals surface area contributed by atoms with Crippen LogP contribution in [0.15, 0.2) is 0 Å². The monoisotopic (exact) mass is 913 g/mol. The Labute approximate surface area is 359 Å². The molecule has 0 saturated carbocycles. The molecule has 0 unspecified atom stereocenters. The van der Waals surface area contributed by atoms with Gasteiger partial charge in [-0.15, -0.1) is 0 Å². The van der Waals surface area contributed by atoms with Crippen LogP contribution in [0.2, 0.25) is 0 Å². The SMILES string of the molecule is N=C(N)CCCC[C@H](N)C(=O)O.NC(=[NH2+])CCCC[C@H](N)C(=O)[O-].NC(=[NH2+])CCCC[C@H]([NH3+])C(=O)O.NC(=[NH2+])CCCC[C@H]([NH3+])C(=O)[O-].O=C(O)O.O=COO.O=COO.[C-]#[O+].[H-].[HH]. The van der Waals surface area contributed by atoms with Gasteiger partial charge in [-0.2, -0.15) is 0 Å². The second-order valence-corrected chi connectivity index (χ2v) is 11.8. The number of hydrogen-bond acceptors (Lipinski definition) is 16. The quantitative estimate of drug-likeness (QED) is 0.00560. The molecule has 366 valence electrons. The first-order chi connectivity index (χ1) is 28.7. The summed E-state index contributed by atoms with van der Waals surface area (Å²) in [6.07, 6.45) is 8.68. The summed E-state index contributed by atoms with van der Waals surface area (Å²) < 4.78 is 7.50. The maximum absolute atomic E-state index is 10.3. The molecule has 0 aliphatic heterocycles. The Kier molecular flexibility index (Phi) is 66.6. The number of nitrogens with two attached hydrogens (primary N) is 9. The van der Waals surface area contributed by atoms with Crippen molar-refractivity contribution in [3.8, 4) is 0 Å². The fraction of sp³-hybridized carbons (Fsp3) is 0.625. The Morgan fingerprint density at radius 2 is 0.903 bits per heavy atom. The molecule has 0 aliphatic carbocycles. The Balaban J connectivity index is -0.0000000683. The van der Waals surface area contributed by atoms with Crippen LogP contribution < -0.4 is 72.3 Å². The molecule has 0 saturated heterocycles. The molecule has 0 aliphatic rings. The molecule has 0 rings (SSSR count).